The number of piperazine rings is 3. The van der Waals surface area contributed by atoms with Crippen molar-refractivity contribution < 1.29 is 16.9 Å². The summed E-state index contributed by atoms with van der Waals surface area (Å²) in [7, 11) is 0. The molecule has 1 aromatic carbocycles. The summed E-state index contributed by atoms with van der Waals surface area (Å²) < 4.78 is 1.21. The van der Waals surface area contributed by atoms with E-state index >= 15 is 0 Å². The lowest BCUT2D eigenvalue weighted by Crippen LogP contribution is -2.63. The van der Waals surface area contributed by atoms with E-state index in [4.69, 9.17) is 0 Å². The third-order valence-corrected chi connectivity index (χ3v) is 3.79. The van der Waals surface area contributed by atoms with Crippen LogP contribution in [-0.2, 0) is 6.54 Å². The zero-order chi connectivity index (χ0) is 10.1. The van der Waals surface area contributed by atoms with Gasteiger partial charge < -0.3 is 9.38 Å². The summed E-state index contributed by atoms with van der Waals surface area (Å²) in [5.74, 6) is 0. The van der Waals surface area contributed by atoms with Crippen molar-refractivity contribution in [2.75, 3.05) is 32.7 Å². The van der Waals surface area contributed by atoms with Gasteiger partial charge in [-0.05, 0) is 0 Å². The Morgan fingerprint density at radius 3 is 2.38 bits per heavy atom. The molecular formula is C13H20ClN2+. The van der Waals surface area contributed by atoms with Crippen molar-refractivity contribution in [3.8, 4) is 0 Å². The van der Waals surface area contributed by atoms with Crippen LogP contribution in [0.1, 0.15) is 5.56 Å². The number of fused-ring (bicyclic) bond motifs is 3. The van der Waals surface area contributed by atoms with Crippen LogP contribution in [0.3, 0.4) is 0 Å². The first-order valence-electron chi connectivity index (χ1n) is 5.83. The van der Waals surface area contributed by atoms with E-state index in [1.165, 1.54) is 49.3 Å². The molecule has 2 bridgehead atoms. The summed E-state index contributed by atoms with van der Waals surface area (Å²) in [4.78, 5) is 2.55. The van der Waals surface area contributed by atoms with Gasteiger partial charge in [-0.15, -0.1) is 6.54 Å². The normalized spacial score (nSPS) is 32.1. The van der Waals surface area contributed by atoms with Gasteiger partial charge >= 0.3 is 0 Å². The molecule has 0 radical (unpaired) electrons. The van der Waals surface area contributed by atoms with Gasteiger partial charge in [0.15, 0.2) is 0 Å². The maximum Gasteiger partial charge on any atom is 0.0903 e. The Kier molecular flexibility index (Phi) is 3.53. The molecule has 0 saturated carbocycles. The standard InChI is InChI=1S/C13H18N2.ClH2/c1-2-4-13(5-3-1)12-15-9-6-14(7-10-15)8-11-15;/h1-5,9H,6-8,10-12H2;1H2/q;+1. The molecule has 1 aromatic rings. The van der Waals surface area contributed by atoms with E-state index in [0.29, 0.717) is 0 Å². The van der Waals surface area contributed by atoms with Crippen LogP contribution < -0.4 is 0 Å². The van der Waals surface area contributed by atoms with Crippen LogP contribution in [0.4, 0.5) is 0 Å². The minimum atomic E-state index is 0. The summed E-state index contributed by atoms with van der Waals surface area (Å²) >= 11 is 0. The molecule has 0 unspecified atom stereocenters. The van der Waals surface area contributed by atoms with Crippen molar-refractivity contribution in [2.24, 2.45) is 0 Å². The smallest absolute Gasteiger partial charge is 0.0903 e. The lowest BCUT2D eigenvalue weighted by Gasteiger charge is -2.58. The lowest BCUT2D eigenvalue weighted by molar-refractivity contribution is -0.925. The van der Waals surface area contributed by atoms with Gasteiger partial charge in [-0.3, -0.25) is 0 Å². The molecule has 2 nitrogen and oxygen atoms in total. The number of halogens is 1. The van der Waals surface area contributed by atoms with Crippen molar-refractivity contribution in [3.05, 3.63) is 42.4 Å². The van der Waals surface area contributed by atoms with Crippen LogP contribution in [0.5, 0.6) is 0 Å². The molecule has 4 rings (SSSR count). The Morgan fingerprint density at radius 2 is 1.81 bits per heavy atom. The number of hydrogen-bond donors (Lipinski definition) is 0. The minimum Gasteiger partial charge on any atom is -0.448 e. The quantitative estimate of drug-likeness (QED) is 0.549. The summed E-state index contributed by atoms with van der Waals surface area (Å²) in [5, 5.41) is 0. The Labute approximate surface area is 104 Å². The second kappa shape index (κ2) is 4.74. The Morgan fingerprint density at radius 1 is 1.12 bits per heavy atom. The second-order valence-corrected chi connectivity index (χ2v) is 4.79. The molecule has 0 spiro atoms. The topological polar surface area (TPSA) is 3.24 Å². The van der Waals surface area contributed by atoms with Gasteiger partial charge in [0.1, 0.15) is 0 Å². The highest BCUT2D eigenvalue weighted by molar-refractivity contribution is 5.13. The fraction of sp³-hybridized carbons (Fsp3) is 0.462. The molecule has 3 fully saturated rings. The fourth-order valence-electron chi connectivity index (χ4n) is 2.73. The van der Waals surface area contributed by atoms with Crippen LogP contribution in [0, 0.1) is 19.0 Å². The Hall–Kier alpha value is -0.570. The third-order valence-electron chi connectivity index (χ3n) is 3.79. The van der Waals surface area contributed by atoms with Gasteiger partial charge in [-0.2, -0.15) is 0 Å². The third kappa shape index (κ3) is 2.24. The first kappa shape index (κ1) is 11.9. The van der Waals surface area contributed by atoms with E-state index < -0.39 is 0 Å². The predicted octanol–water partition coefficient (Wildman–Crippen LogP) is 0.959. The molecule has 0 amide bonds. The molecular weight excluding hydrogens is 220 g/mol. The summed E-state index contributed by atoms with van der Waals surface area (Å²) in [6, 6.07) is 10.9. The van der Waals surface area contributed by atoms with Gasteiger partial charge in [0, 0.05) is 18.7 Å². The van der Waals surface area contributed by atoms with Crippen LogP contribution in [-0.4, -0.2) is 42.1 Å². The number of hydrogen-bond acceptors (Lipinski definition) is 1. The highest BCUT2D eigenvalue weighted by atomic mass is 35.5. The molecule has 3 aliphatic heterocycles. The van der Waals surface area contributed by atoms with Gasteiger partial charge in [0.25, 0.3) is 0 Å². The van der Waals surface area contributed by atoms with Crippen molar-refractivity contribution in [3.63, 3.8) is 0 Å². The molecule has 0 N–H and O–H groups in total. The molecule has 88 valence electrons. The molecule has 0 atom stereocenters. The maximum atomic E-state index is 2.55. The minimum absolute atomic E-state index is 0. The fourth-order valence-corrected chi connectivity index (χ4v) is 2.73. The molecule has 3 aliphatic rings. The van der Waals surface area contributed by atoms with Gasteiger partial charge in [-0.1, -0.05) is 36.9 Å². The van der Waals surface area contributed by atoms with E-state index in [2.05, 4.69) is 41.8 Å². The van der Waals surface area contributed by atoms with Crippen molar-refractivity contribution >= 4 is 0 Å². The average molecular weight is 240 g/mol. The Balaban J connectivity index is 0.000000963. The van der Waals surface area contributed by atoms with E-state index in [1.54, 1.807) is 0 Å². The SMILES string of the molecule is [ClH2+].c1ccc(C[N+]23[CH-]CN(CC2)CC3)cc1. The summed E-state index contributed by atoms with van der Waals surface area (Å²) in [5.41, 5.74) is 1.48. The zero-order valence-electron chi connectivity index (χ0n) is 9.55. The first-order valence-corrected chi connectivity index (χ1v) is 5.83. The van der Waals surface area contributed by atoms with E-state index in [0.717, 1.165) is 0 Å². The van der Waals surface area contributed by atoms with Crippen LogP contribution >= 0.6 is 0 Å². The monoisotopic (exact) mass is 239 g/mol. The van der Waals surface area contributed by atoms with Crippen molar-refractivity contribution in [1.29, 1.82) is 0 Å². The van der Waals surface area contributed by atoms with Crippen molar-refractivity contribution in [1.82, 2.24) is 4.90 Å². The maximum absolute atomic E-state index is 2.55. The van der Waals surface area contributed by atoms with Gasteiger partial charge in [0.2, 0.25) is 0 Å². The van der Waals surface area contributed by atoms with Gasteiger partial charge in [-0.25, -0.2) is 0 Å². The van der Waals surface area contributed by atoms with Crippen LogP contribution in [0.15, 0.2) is 30.3 Å². The van der Waals surface area contributed by atoms with Crippen molar-refractivity contribution in [2.45, 2.75) is 6.54 Å². The molecule has 3 saturated heterocycles. The molecule has 3 heteroatoms. The largest absolute Gasteiger partial charge is 0.448 e. The number of quaternary nitrogens is 1. The van der Waals surface area contributed by atoms with E-state index in [-0.39, 0.29) is 12.4 Å². The average Bonchev–Trinajstić information content (AvgIpc) is 2.32. The summed E-state index contributed by atoms with van der Waals surface area (Å²) in [6.07, 6.45) is 0. The zero-order valence-corrected chi connectivity index (χ0v) is 10.4. The first-order chi connectivity index (χ1) is 7.36. The molecule has 0 aliphatic carbocycles. The van der Waals surface area contributed by atoms with Crippen LogP contribution in [0.25, 0.3) is 0 Å². The molecule has 3 heterocycles. The molecule has 16 heavy (non-hydrogen) atoms. The number of benzene rings is 1. The predicted molar refractivity (Wildman–Crippen MR) is 63.7 cm³/mol. The highest BCUT2D eigenvalue weighted by Gasteiger charge is 2.31. The molecule has 0 aromatic heterocycles. The van der Waals surface area contributed by atoms with E-state index in [9.17, 15) is 0 Å². The highest BCUT2D eigenvalue weighted by Crippen LogP contribution is 2.25. The second-order valence-electron chi connectivity index (χ2n) is 4.79. The number of rotatable bonds is 2. The lowest BCUT2D eigenvalue weighted by atomic mass is 10.1. The number of nitrogens with zero attached hydrogens (tertiary/aromatic N) is 2. The van der Waals surface area contributed by atoms with E-state index in [1.807, 2.05) is 0 Å². The van der Waals surface area contributed by atoms with Crippen LogP contribution in [0.2, 0.25) is 0 Å². The summed E-state index contributed by atoms with van der Waals surface area (Å²) in [6.45, 7) is 10.0. The van der Waals surface area contributed by atoms with Gasteiger partial charge in [0.05, 0.1) is 32.0 Å². The Bertz CT molecular complexity index is 317.